The maximum absolute atomic E-state index is 12.5. The Bertz CT molecular complexity index is 925. The van der Waals surface area contributed by atoms with E-state index in [1.165, 1.54) is 30.4 Å². The fourth-order valence-electron chi connectivity index (χ4n) is 2.15. The first-order chi connectivity index (χ1) is 12.9. The topological polar surface area (TPSA) is 101 Å². The maximum Gasteiger partial charge on any atom is 0.270 e. The van der Waals surface area contributed by atoms with E-state index in [1.54, 1.807) is 30.3 Å². The molecule has 0 bridgehead atoms. The van der Waals surface area contributed by atoms with Gasteiger partial charge in [-0.15, -0.1) is 6.58 Å². The second-order valence-corrected chi connectivity index (χ2v) is 6.20. The van der Waals surface area contributed by atoms with Crippen LogP contribution in [0.5, 0.6) is 0 Å². The van der Waals surface area contributed by atoms with Crippen molar-refractivity contribution >= 4 is 39.5 Å². The van der Waals surface area contributed by atoms with Gasteiger partial charge in [0.25, 0.3) is 17.5 Å². The molecule has 2 aromatic carbocycles. The molecular weight excluding hydrogens is 414 g/mol. The number of hydrogen-bond acceptors (Lipinski definition) is 4. The molecule has 138 valence electrons. The molecule has 0 aromatic heterocycles. The number of nitrogens with one attached hydrogen (secondary N) is 2. The number of nitrogens with zero attached hydrogens (tertiary/aromatic N) is 1. The molecule has 2 amide bonds. The summed E-state index contributed by atoms with van der Waals surface area (Å²) in [6.07, 6.45) is 2.87. The summed E-state index contributed by atoms with van der Waals surface area (Å²) in [7, 11) is 0. The molecule has 0 radical (unpaired) electrons. The predicted molar refractivity (Wildman–Crippen MR) is 106 cm³/mol. The van der Waals surface area contributed by atoms with E-state index in [0.717, 1.165) is 0 Å². The van der Waals surface area contributed by atoms with Crippen LogP contribution in [0.15, 0.2) is 71.4 Å². The van der Waals surface area contributed by atoms with Crippen LogP contribution in [0.3, 0.4) is 0 Å². The lowest BCUT2D eigenvalue weighted by Crippen LogP contribution is -2.35. The lowest BCUT2D eigenvalue weighted by atomic mass is 10.1. The highest BCUT2D eigenvalue weighted by Crippen LogP contribution is 2.18. The number of halogens is 1. The summed E-state index contributed by atoms with van der Waals surface area (Å²) >= 11 is 3.29. The first-order valence-corrected chi connectivity index (χ1v) is 8.63. The number of rotatable bonds is 7. The van der Waals surface area contributed by atoms with E-state index < -0.39 is 16.7 Å². The number of nitro groups is 1. The molecule has 2 rings (SSSR count). The highest BCUT2D eigenvalue weighted by molar-refractivity contribution is 9.10. The molecule has 0 heterocycles. The number of carbonyl (C=O) groups excluding carboxylic acids is 2. The van der Waals surface area contributed by atoms with Crippen molar-refractivity contribution in [3.05, 3.63) is 92.6 Å². The van der Waals surface area contributed by atoms with Crippen LogP contribution in [0.4, 0.5) is 5.69 Å². The zero-order chi connectivity index (χ0) is 19.8. The minimum Gasteiger partial charge on any atom is -0.347 e. The lowest BCUT2D eigenvalue weighted by molar-refractivity contribution is -0.384. The van der Waals surface area contributed by atoms with Crippen LogP contribution in [0.1, 0.15) is 15.9 Å². The SMILES string of the molecule is C=CCNC(=O)C(=Cc1cccc([N+](=O)[O-])c1)NC(=O)c1ccccc1Br. The minimum atomic E-state index is -0.540. The molecular formula is C19H16BrN3O4. The summed E-state index contributed by atoms with van der Waals surface area (Å²) in [6.45, 7) is 3.73. The van der Waals surface area contributed by atoms with E-state index in [2.05, 4.69) is 33.1 Å². The first-order valence-electron chi connectivity index (χ1n) is 7.83. The molecule has 0 atom stereocenters. The van der Waals surface area contributed by atoms with Crippen LogP contribution < -0.4 is 10.6 Å². The minimum absolute atomic E-state index is 0.0434. The summed E-state index contributed by atoms with van der Waals surface area (Å²) in [4.78, 5) is 35.3. The van der Waals surface area contributed by atoms with Crippen molar-refractivity contribution in [1.82, 2.24) is 10.6 Å². The molecule has 0 saturated carbocycles. The highest BCUT2D eigenvalue weighted by Gasteiger charge is 2.16. The van der Waals surface area contributed by atoms with E-state index in [0.29, 0.717) is 15.6 Å². The van der Waals surface area contributed by atoms with Crippen molar-refractivity contribution in [3.63, 3.8) is 0 Å². The standard InChI is InChI=1S/C19H16BrN3O4/c1-2-10-21-19(25)17(12-13-6-5-7-14(11-13)23(26)27)22-18(24)15-8-3-4-9-16(15)20/h2-9,11-12H,1,10H2,(H,21,25)(H,22,24). The molecule has 8 heteroatoms. The molecule has 0 unspecified atom stereocenters. The Hall–Kier alpha value is -3.26. The van der Waals surface area contributed by atoms with Crippen LogP contribution in [-0.2, 0) is 4.79 Å². The largest absolute Gasteiger partial charge is 0.347 e. The Labute approximate surface area is 164 Å². The van der Waals surface area contributed by atoms with Crippen molar-refractivity contribution in [2.45, 2.75) is 0 Å². The summed E-state index contributed by atoms with van der Waals surface area (Å²) in [5, 5.41) is 16.1. The Morgan fingerprint density at radius 1 is 1.19 bits per heavy atom. The summed E-state index contributed by atoms with van der Waals surface area (Å²) in [6, 6.07) is 12.5. The summed E-state index contributed by atoms with van der Waals surface area (Å²) in [5.41, 5.74) is 0.587. The van der Waals surface area contributed by atoms with E-state index in [1.807, 2.05) is 0 Å². The van der Waals surface area contributed by atoms with Crippen molar-refractivity contribution < 1.29 is 14.5 Å². The van der Waals surface area contributed by atoms with Gasteiger partial charge in [0.2, 0.25) is 0 Å². The first kappa shape index (κ1) is 20.1. The summed E-state index contributed by atoms with van der Waals surface area (Å²) < 4.78 is 0.573. The second kappa shape index (κ2) is 9.44. The number of carbonyl (C=O) groups is 2. The van der Waals surface area contributed by atoms with Gasteiger partial charge in [-0.3, -0.25) is 19.7 Å². The molecule has 0 aliphatic heterocycles. The fraction of sp³-hybridized carbons (Fsp3) is 0.0526. The number of amides is 2. The van der Waals surface area contributed by atoms with Gasteiger partial charge in [0, 0.05) is 23.2 Å². The van der Waals surface area contributed by atoms with Gasteiger partial charge in [0.05, 0.1) is 10.5 Å². The summed E-state index contributed by atoms with van der Waals surface area (Å²) in [5.74, 6) is -1.03. The molecule has 2 aromatic rings. The Kier molecular flexibility index (Phi) is 7.01. The van der Waals surface area contributed by atoms with E-state index >= 15 is 0 Å². The van der Waals surface area contributed by atoms with Crippen LogP contribution in [0.2, 0.25) is 0 Å². The van der Waals surface area contributed by atoms with Crippen molar-refractivity contribution in [1.29, 1.82) is 0 Å². The number of benzene rings is 2. The number of non-ortho nitro benzene ring substituents is 1. The van der Waals surface area contributed by atoms with E-state index in [4.69, 9.17) is 0 Å². The zero-order valence-electron chi connectivity index (χ0n) is 14.1. The van der Waals surface area contributed by atoms with Gasteiger partial charge in [0.15, 0.2) is 0 Å². The van der Waals surface area contributed by atoms with Crippen LogP contribution >= 0.6 is 15.9 Å². The third kappa shape index (κ3) is 5.61. The third-order valence-electron chi connectivity index (χ3n) is 3.41. The average molecular weight is 430 g/mol. The molecule has 0 saturated heterocycles. The molecule has 27 heavy (non-hydrogen) atoms. The molecule has 2 N–H and O–H groups in total. The Morgan fingerprint density at radius 2 is 1.93 bits per heavy atom. The van der Waals surface area contributed by atoms with Crippen LogP contribution in [-0.4, -0.2) is 23.3 Å². The Balaban J connectivity index is 2.36. The molecule has 7 nitrogen and oxygen atoms in total. The van der Waals surface area contributed by atoms with Gasteiger partial charge in [-0.1, -0.05) is 30.3 Å². The molecule has 0 spiro atoms. The van der Waals surface area contributed by atoms with E-state index in [9.17, 15) is 19.7 Å². The van der Waals surface area contributed by atoms with Gasteiger partial charge in [-0.25, -0.2) is 0 Å². The van der Waals surface area contributed by atoms with Gasteiger partial charge in [0.1, 0.15) is 5.70 Å². The van der Waals surface area contributed by atoms with Crippen molar-refractivity contribution in [3.8, 4) is 0 Å². The zero-order valence-corrected chi connectivity index (χ0v) is 15.7. The molecule has 0 aliphatic rings. The fourth-order valence-corrected chi connectivity index (χ4v) is 2.61. The maximum atomic E-state index is 12.5. The van der Waals surface area contributed by atoms with E-state index in [-0.39, 0.29) is 17.9 Å². The third-order valence-corrected chi connectivity index (χ3v) is 4.10. The average Bonchev–Trinajstić information content (AvgIpc) is 2.66. The van der Waals surface area contributed by atoms with Crippen molar-refractivity contribution in [2.75, 3.05) is 6.54 Å². The number of nitro benzene ring substituents is 1. The number of hydrogen-bond donors (Lipinski definition) is 2. The molecule has 0 aliphatic carbocycles. The smallest absolute Gasteiger partial charge is 0.270 e. The van der Waals surface area contributed by atoms with Crippen LogP contribution in [0, 0.1) is 10.1 Å². The normalized spacial score (nSPS) is 10.8. The quantitative estimate of drug-likeness (QED) is 0.304. The van der Waals surface area contributed by atoms with Gasteiger partial charge < -0.3 is 10.6 Å². The van der Waals surface area contributed by atoms with Crippen LogP contribution in [0.25, 0.3) is 6.08 Å². The van der Waals surface area contributed by atoms with Gasteiger partial charge in [-0.2, -0.15) is 0 Å². The predicted octanol–water partition coefficient (Wildman–Crippen LogP) is 3.43. The van der Waals surface area contributed by atoms with Crippen molar-refractivity contribution in [2.24, 2.45) is 0 Å². The van der Waals surface area contributed by atoms with Gasteiger partial charge in [-0.05, 0) is 39.7 Å². The molecule has 0 fully saturated rings. The monoisotopic (exact) mass is 429 g/mol. The second-order valence-electron chi connectivity index (χ2n) is 5.34. The van der Waals surface area contributed by atoms with Gasteiger partial charge >= 0.3 is 0 Å². The lowest BCUT2D eigenvalue weighted by Gasteiger charge is -2.11. The highest BCUT2D eigenvalue weighted by atomic mass is 79.9. The Morgan fingerprint density at radius 3 is 2.59 bits per heavy atom.